The van der Waals surface area contributed by atoms with Gasteiger partial charge in [-0.1, -0.05) is 18.2 Å². The van der Waals surface area contributed by atoms with Gasteiger partial charge in [-0.2, -0.15) is 0 Å². The number of likely N-dealkylation sites (tertiary alicyclic amines) is 1. The van der Waals surface area contributed by atoms with E-state index < -0.39 is 5.60 Å². The number of anilines is 3. The van der Waals surface area contributed by atoms with Gasteiger partial charge in [-0.05, 0) is 62.2 Å². The van der Waals surface area contributed by atoms with Crippen molar-refractivity contribution in [3.63, 3.8) is 0 Å². The highest BCUT2D eigenvalue weighted by atomic mass is 16.6. The summed E-state index contributed by atoms with van der Waals surface area (Å²) >= 11 is 0. The molecule has 1 aromatic heterocycles. The molecule has 0 spiro atoms. The number of ether oxygens (including phenoxy) is 4. The number of benzene rings is 3. The Balaban J connectivity index is 1.42. The average molecular weight is 544 g/mol. The molecule has 208 valence electrons. The summed E-state index contributed by atoms with van der Waals surface area (Å²) in [4.78, 5) is 22.9. The number of hydrogen-bond donors (Lipinski definition) is 2. The summed E-state index contributed by atoms with van der Waals surface area (Å²) in [5.41, 5.74) is 9.50. The van der Waals surface area contributed by atoms with Gasteiger partial charge >= 0.3 is 6.09 Å². The van der Waals surface area contributed by atoms with E-state index in [1.54, 1.807) is 19.1 Å². The quantitative estimate of drug-likeness (QED) is 0.285. The predicted octanol–water partition coefficient (Wildman–Crippen LogP) is 5.64. The molecule has 0 aliphatic carbocycles. The molecule has 0 atom stereocenters. The number of fused-ring (bicyclic) bond motifs is 1. The van der Waals surface area contributed by atoms with Crippen LogP contribution in [0.2, 0.25) is 0 Å². The molecular weight excluding hydrogens is 510 g/mol. The van der Waals surface area contributed by atoms with Crippen LogP contribution in [0.3, 0.4) is 0 Å². The van der Waals surface area contributed by atoms with E-state index in [-0.39, 0.29) is 12.2 Å². The van der Waals surface area contributed by atoms with Crippen molar-refractivity contribution in [3.05, 3.63) is 60.9 Å². The van der Waals surface area contributed by atoms with Crippen LogP contribution in [0.1, 0.15) is 20.8 Å². The SMILES string of the molecule is COc1ccc(-c2cccc(N)c2)cc1Nc1ncnc2cc(OC)c(OC3CN(C(=O)OC(C)(C)C)C3)cc12. The third-order valence-corrected chi connectivity index (χ3v) is 6.39. The summed E-state index contributed by atoms with van der Waals surface area (Å²) in [5, 5.41) is 4.14. The van der Waals surface area contributed by atoms with Crippen LogP contribution < -0.4 is 25.3 Å². The van der Waals surface area contributed by atoms with Gasteiger partial charge in [0.25, 0.3) is 0 Å². The second kappa shape index (κ2) is 10.8. The fraction of sp³-hybridized carbons (Fsp3) is 0.300. The van der Waals surface area contributed by atoms with Gasteiger partial charge in [-0.25, -0.2) is 14.8 Å². The topological polar surface area (TPSA) is 121 Å². The lowest BCUT2D eigenvalue weighted by atomic mass is 10.0. The minimum Gasteiger partial charge on any atom is -0.495 e. The zero-order valence-corrected chi connectivity index (χ0v) is 23.2. The van der Waals surface area contributed by atoms with Crippen molar-refractivity contribution >= 4 is 34.2 Å². The molecule has 0 saturated carbocycles. The number of nitrogens with zero attached hydrogens (tertiary/aromatic N) is 3. The molecular formula is C30H33N5O5. The van der Waals surface area contributed by atoms with E-state index in [0.29, 0.717) is 47.4 Å². The molecule has 40 heavy (non-hydrogen) atoms. The molecule has 0 bridgehead atoms. The Hall–Kier alpha value is -4.73. The molecule has 1 amide bonds. The van der Waals surface area contributed by atoms with Gasteiger partial charge in [-0.3, -0.25) is 0 Å². The first-order valence-electron chi connectivity index (χ1n) is 12.9. The number of carbonyl (C=O) groups excluding carboxylic acids is 1. The Kier molecular flexibility index (Phi) is 7.25. The van der Waals surface area contributed by atoms with Crippen LogP contribution in [-0.4, -0.2) is 60.0 Å². The van der Waals surface area contributed by atoms with Gasteiger partial charge in [-0.15, -0.1) is 0 Å². The standard InChI is InChI=1S/C30H33N5O5/c1-30(2,3)40-29(36)35-15-21(16-35)39-27-13-22-23(14-26(27)38-5)32-17-33-28(22)34-24-12-19(9-10-25(24)37-4)18-7-6-8-20(31)11-18/h6-14,17,21H,15-16,31H2,1-5H3,(H,32,33,34). The van der Waals surface area contributed by atoms with Crippen molar-refractivity contribution in [2.75, 3.05) is 38.4 Å². The van der Waals surface area contributed by atoms with E-state index in [1.807, 2.05) is 75.4 Å². The molecule has 4 aromatic rings. The minimum atomic E-state index is -0.551. The third kappa shape index (κ3) is 5.80. The Bertz CT molecular complexity index is 1550. The van der Waals surface area contributed by atoms with E-state index >= 15 is 0 Å². The maximum Gasteiger partial charge on any atom is 0.410 e. The van der Waals surface area contributed by atoms with Crippen molar-refractivity contribution in [1.29, 1.82) is 0 Å². The van der Waals surface area contributed by atoms with E-state index in [2.05, 4.69) is 15.3 Å². The Morgan fingerprint density at radius 2 is 1.70 bits per heavy atom. The third-order valence-electron chi connectivity index (χ3n) is 6.39. The number of methoxy groups -OCH3 is 2. The Morgan fingerprint density at radius 1 is 0.950 bits per heavy atom. The zero-order valence-electron chi connectivity index (χ0n) is 23.2. The number of rotatable bonds is 7. The summed E-state index contributed by atoms with van der Waals surface area (Å²) in [5.74, 6) is 2.29. The summed E-state index contributed by atoms with van der Waals surface area (Å²) < 4.78 is 22.9. The van der Waals surface area contributed by atoms with Gasteiger partial charge in [0.2, 0.25) is 0 Å². The van der Waals surface area contributed by atoms with Crippen molar-refractivity contribution in [2.24, 2.45) is 0 Å². The lowest BCUT2D eigenvalue weighted by molar-refractivity contribution is -0.0225. The molecule has 3 N–H and O–H groups in total. The fourth-order valence-electron chi connectivity index (χ4n) is 4.41. The first-order chi connectivity index (χ1) is 19.1. The monoisotopic (exact) mass is 543 g/mol. The molecule has 10 heteroatoms. The van der Waals surface area contributed by atoms with E-state index in [1.165, 1.54) is 6.33 Å². The molecule has 0 unspecified atom stereocenters. The van der Waals surface area contributed by atoms with Gasteiger partial charge in [0.15, 0.2) is 11.5 Å². The lowest BCUT2D eigenvalue weighted by Gasteiger charge is -2.39. The molecule has 1 aliphatic heterocycles. The highest BCUT2D eigenvalue weighted by Gasteiger charge is 2.35. The first-order valence-corrected chi connectivity index (χ1v) is 12.9. The van der Waals surface area contributed by atoms with Crippen molar-refractivity contribution in [2.45, 2.75) is 32.5 Å². The van der Waals surface area contributed by atoms with Gasteiger partial charge in [0.05, 0.1) is 38.5 Å². The predicted molar refractivity (Wildman–Crippen MR) is 154 cm³/mol. The largest absolute Gasteiger partial charge is 0.495 e. The molecule has 1 aliphatic rings. The molecule has 0 radical (unpaired) electrons. The number of nitrogens with two attached hydrogens (primary N) is 1. The smallest absolute Gasteiger partial charge is 0.410 e. The van der Waals surface area contributed by atoms with Crippen LogP contribution in [0.5, 0.6) is 17.2 Å². The Labute approximate surface area is 233 Å². The number of nitrogens with one attached hydrogen (secondary N) is 1. The summed E-state index contributed by atoms with van der Waals surface area (Å²) in [6.45, 7) is 6.36. The number of nitrogen functional groups attached to an aromatic ring is 1. The maximum atomic E-state index is 12.3. The zero-order chi connectivity index (χ0) is 28.4. The second-order valence-corrected chi connectivity index (χ2v) is 10.5. The molecule has 3 aromatic carbocycles. The van der Waals surface area contributed by atoms with Crippen molar-refractivity contribution < 1.29 is 23.7 Å². The number of hydrogen-bond acceptors (Lipinski definition) is 9. The maximum absolute atomic E-state index is 12.3. The van der Waals surface area contributed by atoms with E-state index in [9.17, 15) is 4.79 Å². The first kappa shape index (κ1) is 26.9. The fourth-order valence-corrected chi connectivity index (χ4v) is 4.41. The minimum absolute atomic E-state index is 0.199. The molecule has 2 heterocycles. The second-order valence-electron chi connectivity index (χ2n) is 10.5. The van der Waals surface area contributed by atoms with Crippen LogP contribution in [0.4, 0.5) is 22.0 Å². The van der Waals surface area contributed by atoms with Crippen LogP contribution in [-0.2, 0) is 4.74 Å². The molecule has 1 fully saturated rings. The number of carbonyl (C=O) groups is 1. The summed E-state index contributed by atoms with van der Waals surface area (Å²) in [7, 11) is 3.20. The van der Waals surface area contributed by atoms with Crippen LogP contribution in [0.15, 0.2) is 60.9 Å². The van der Waals surface area contributed by atoms with E-state index in [4.69, 9.17) is 24.7 Å². The average Bonchev–Trinajstić information content (AvgIpc) is 2.89. The molecule has 5 rings (SSSR count). The van der Waals surface area contributed by atoms with Crippen LogP contribution >= 0.6 is 0 Å². The van der Waals surface area contributed by atoms with E-state index in [0.717, 1.165) is 22.2 Å². The highest BCUT2D eigenvalue weighted by molar-refractivity contribution is 5.94. The summed E-state index contributed by atoms with van der Waals surface area (Å²) in [6.07, 6.45) is 0.936. The van der Waals surface area contributed by atoms with Crippen molar-refractivity contribution in [1.82, 2.24) is 14.9 Å². The van der Waals surface area contributed by atoms with Crippen molar-refractivity contribution in [3.8, 4) is 28.4 Å². The number of amides is 1. The number of aromatic nitrogens is 2. The van der Waals surface area contributed by atoms with Gasteiger partial charge < -0.3 is 34.9 Å². The Morgan fingerprint density at radius 3 is 2.40 bits per heavy atom. The van der Waals surface area contributed by atoms with Gasteiger partial charge in [0, 0.05) is 17.1 Å². The van der Waals surface area contributed by atoms with Crippen LogP contribution in [0.25, 0.3) is 22.0 Å². The molecule has 1 saturated heterocycles. The lowest BCUT2D eigenvalue weighted by Crippen LogP contribution is -2.57. The molecule has 10 nitrogen and oxygen atoms in total. The van der Waals surface area contributed by atoms with Gasteiger partial charge in [0.1, 0.15) is 29.6 Å². The normalized spacial score (nSPS) is 13.5. The summed E-state index contributed by atoms with van der Waals surface area (Å²) in [6, 6.07) is 17.2. The van der Waals surface area contributed by atoms with Crippen LogP contribution in [0, 0.1) is 0 Å². The highest BCUT2D eigenvalue weighted by Crippen LogP contribution is 2.38.